The van der Waals surface area contributed by atoms with E-state index in [1.54, 1.807) is 0 Å². The van der Waals surface area contributed by atoms with Crippen molar-refractivity contribution in [2.45, 2.75) is 17.7 Å². The minimum Gasteiger partial charge on any atom is -0.395 e. The van der Waals surface area contributed by atoms with Crippen LogP contribution in [0.15, 0.2) is 30.3 Å². The largest absolute Gasteiger partial charge is 0.395 e. The molecule has 0 spiro atoms. The first-order valence-electron chi connectivity index (χ1n) is 4.55. The molecule has 2 nitrogen and oxygen atoms in total. The number of aryl methyl sites for hydroxylation is 1. The highest BCUT2D eigenvalue weighted by molar-refractivity contribution is 9.10. The predicted molar refractivity (Wildman–Crippen MR) is 59.6 cm³/mol. The van der Waals surface area contributed by atoms with Gasteiger partial charge in [0.05, 0.1) is 11.4 Å². The number of hydrogen-bond acceptors (Lipinski definition) is 2. The van der Waals surface area contributed by atoms with Crippen LogP contribution in [0.4, 0.5) is 0 Å². The van der Waals surface area contributed by atoms with Crippen molar-refractivity contribution < 1.29 is 9.90 Å². The highest BCUT2D eigenvalue weighted by atomic mass is 79.9. The van der Waals surface area contributed by atoms with Crippen LogP contribution in [0.2, 0.25) is 0 Å². The van der Waals surface area contributed by atoms with Crippen molar-refractivity contribution in [3.05, 3.63) is 35.9 Å². The molecule has 0 amide bonds. The van der Waals surface area contributed by atoms with Crippen molar-refractivity contribution in [1.29, 1.82) is 0 Å². The van der Waals surface area contributed by atoms with Crippen LogP contribution in [0.3, 0.4) is 0 Å². The van der Waals surface area contributed by atoms with Crippen molar-refractivity contribution in [1.82, 2.24) is 0 Å². The molecule has 1 aromatic rings. The van der Waals surface area contributed by atoms with E-state index in [0.29, 0.717) is 6.42 Å². The molecule has 1 rings (SSSR count). The molecule has 3 heteroatoms. The lowest BCUT2D eigenvalue weighted by Gasteiger charge is -2.04. The first-order valence-corrected chi connectivity index (χ1v) is 5.47. The van der Waals surface area contributed by atoms with Crippen LogP contribution in [-0.4, -0.2) is 22.3 Å². The van der Waals surface area contributed by atoms with E-state index in [1.165, 1.54) is 0 Å². The summed E-state index contributed by atoms with van der Waals surface area (Å²) in [5, 5.41) is 8.73. The van der Waals surface area contributed by atoms with Crippen molar-refractivity contribution >= 4 is 21.7 Å². The van der Waals surface area contributed by atoms with Gasteiger partial charge in [-0.3, -0.25) is 4.79 Å². The Hall–Kier alpha value is -0.670. The monoisotopic (exact) mass is 256 g/mol. The van der Waals surface area contributed by atoms with Gasteiger partial charge in [0.15, 0.2) is 0 Å². The summed E-state index contributed by atoms with van der Waals surface area (Å²) in [7, 11) is 0. The van der Waals surface area contributed by atoms with Gasteiger partial charge >= 0.3 is 0 Å². The first-order chi connectivity index (χ1) is 6.74. The zero-order chi connectivity index (χ0) is 10.4. The second-order valence-electron chi connectivity index (χ2n) is 3.10. The quantitative estimate of drug-likeness (QED) is 0.818. The van der Waals surface area contributed by atoms with Crippen LogP contribution in [-0.2, 0) is 11.2 Å². The van der Waals surface area contributed by atoms with Gasteiger partial charge in [-0.1, -0.05) is 46.3 Å². The maximum Gasteiger partial charge on any atom is 0.149 e. The molecular formula is C11H13BrO2. The van der Waals surface area contributed by atoms with Gasteiger partial charge < -0.3 is 5.11 Å². The summed E-state index contributed by atoms with van der Waals surface area (Å²) >= 11 is 3.12. The van der Waals surface area contributed by atoms with Crippen molar-refractivity contribution in [3.8, 4) is 0 Å². The fourth-order valence-corrected chi connectivity index (χ4v) is 1.40. The molecule has 0 fully saturated rings. The summed E-state index contributed by atoms with van der Waals surface area (Å²) in [6.45, 7) is -0.131. The second kappa shape index (κ2) is 5.94. The van der Waals surface area contributed by atoms with E-state index in [-0.39, 0.29) is 12.4 Å². The van der Waals surface area contributed by atoms with E-state index >= 15 is 0 Å². The van der Waals surface area contributed by atoms with Crippen LogP contribution in [0, 0.1) is 0 Å². The average Bonchev–Trinajstić information content (AvgIpc) is 2.26. The molecule has 0 aliphatic heterocycles. The molecule has 0 bridgehead atoms. The summed E-state index contributed by atoms with van der Waals surface area (Å²) in [4.78, 5) is 10.9. The summed E-state index contributed by atoms with van der Waals surface area (Å²) in [6.07, 6.45) is 1.21. The Morgan fingerprint density at radius 2 is 2.00 bits per heavy atom. The summed E-state index contributed by atoms with van der Waals surface area (Å²) in [5.74, 6) is 0.0522. The first kappa shape index (κ1) is 11.4. The standard InChI is InChI=1S/C11H13BrO2/c12-10(8-13)11(14)7-6-9-4-2-1-3-5-9/h1-5,10,13H,6-8H2/t10-/m0/s1. The van der Waals surface area contributed by atoms with Gasteiger partial charge in [0.2, 0.25) is 0 Å². The number of halogens is 1. The molecule has 0 radical (unpaired) electrons. The van der Waals surface area contributed by atoms with E-state index in [2.05, 4.69) is 15.9 Å². The summed E-state index contributed by atoms with van der Waals surface area (Å²) < 4.78 is 0. The zero-order valence-corrected chi connectivity index (χ0v) is 9.40. The topological polar surface area (TPSA) is 37.3 Å². The summed E-state index contributed by atoms with van der Waals surface area (Å²) in [5.41, 5.74) is 1.15. The third-order valence-electron chi connectivity index (χ3n) is 2.01. The molecule has 14 heavy (non-hydrogen) atoms. The minimum atomic E-state index is -0.411. The highest BCUT2D eigenvalue weighted by Crippen LogP contribution is 2.07. The van der Waals surface area contributed by atoms with Crippen molar-refractivity contribution in [2.24, 2.45) is 0 Å². The van der Waals surface area contributed by atoms with E-state index in [1.807, 2.05) is 30.3 Å². The van der Waals surface area contributed by atoms with E-state index in [4.69, 9.17) is 5.11 Å². The van der Waals surface area contributed by atoms with Crippen molar-refractivity contribution in [3.63, 3.8) is 0 Å². The minimum absolute atomic E-state index is 0.0522. The van der Waals surface area contributed by atoms with Crippen LogP contribution in [0.1, 0.15) is 12.0 Å². The molecule has 0 saturated heterocycles. The van der Waals surface area contributed by atoms with Crippen molar-refractivity contribution in [2.75, 3.05) is 6.61 Å². The number of hydrogen-bond donors (Lipinski definition) is 1. The molecule has 1 atom stereocenters. The number of carbonyl (C=O) groups excluding carboxylic acids is 1. The Kier molecular flexibility index (Phi) is 4.84. The van der Waals surface area contributed by atoms with Gasteiger partial charge in [0.1, 0.15) is 5.78 Å². The number of Topliss-reactive ketones (excluding diaryl/α,β-unsaturated/α-hetero) is 1. The molecule has 0 saturated carbocycles. The van der Waals surface area contributed by atoms with E-state index in [0.717, 1.165) is 12.0 Å². The number of rotatable bonds is 5. The van der Waals surface area contributed by atoms with E-state index < -0.39 is 4.83 Å². The lowest BCUT2D eigenvalue weighted by atomic mass is 10.1. The van der Waals surface area contributed by atoms with Crippen LogP contribution < -0.4 is 0 Å². The van der Waals surface area contributed by atoms with Gasteiger partial charge in [-0.25, -0.2) is 0 Å². The Morgan fingerprint density at radius 3 is 2.57 bits per heavy atom. The van der Waals surface area contributed by atoms with E-state index in [9.17, 15) is 4.79 Å². The maximum absolute atomic E-state index is 11.3. The third kappa shape index (κ3) is 3.60. The molecule has 0 unspecified atom stereocenters. The van der Waals surface area contributed by atoms with Gasteiger partial charge in [-0.2, -0.15) is 0 Å². The Morgan fingerprint density at radius 1 is 1.36 bits per heavy atom. The maximum atomic E-state index is 11.3. The fraction of sp³-hybridized carbons (Fsp3) is 0.364. The molecule has 0 aliphatic carbocycles. The predicted octanol–water partition coefficient (Wildman–Crippen LogP) is 1.94. The number of aliphatic hydroxyl groups is 1. The fourth-order valence-electron chi connectivity index (χ4n) is 1.17. The Labute approximate surface area is 92.1 Å². The molecule has 76 valence electrons. The highest BCUT2D eigenvalue weighted by Gasteiger charge is 2.12. The second-order valence-corrected chi connectivity index (χ2v) is 4.21. The normalized spacial score (nSPS) is 12.4. The van der Waals surface area contributed by atoms with Gasteiger partial charge in [-0.15, -0.1) is 0 Å². The zero-order valence-electron chi connectivity index (χ0n) is 7.82. The smallest absolute Gasteiger partial charge is 0.149 e. The molecule has 1 aromatic carbocycles. The van der Waals surface area contributed by atoms with Crippen LogP contribution >= 0.6 is 15.9 Å². The SMILES string of the molecule is O=C(CCc1ccccc1)[C@@H](Br)CO. The molecular weight excluding hydrogens is 244 g/mol. The van der Waals surface area contributed by atoms with Gasteiger partial charge in [0.25, 0.3) is 0 Å². The third-order valence-corrected chi connectivity index (χ3v) is 2.81. The summed E-state index contributed by atoms with van der Waals surface area (Å²) in [6, 6.07) is 9.85. The lowest BCUT2D eigenvalue weighted by molar-refractivity contribution is -0.118. The molecule has 0 heterocycles. The number of alkyl halides is 1. The molecule has 0 aromatic heterocycles. The number of aliphatic hydroxyl groups excluding tert-OH is 1. The number of benzene rings is 1. The van der Waals surface area contributed by atoms with Gasteiger partial charge in [0, 0.05) is 6.42 Å². The molecule has 0 aliphatic rings. The van der Waals surface area contributed by atoms with Gasteiger partial charge in [-0.05, 0) is 12.0 Å². The average molecular weight is 257 g/mol. The van der Waals surface area contributed by atoms with Crippen LogP contribution in [0.5, 0.6) is 0 Å². The number of ketones is 1. The Bertz CT molecular complexity index is 285. The van der Waals surface area contributed by atoms with Crippen LogP contribution in [0.25, 0.3) is 0 Å². The number of carbonyl (C=O) groups is 1. The molecule has 1 N–H and O–H groups in total. The lowest BCUT2D eigenvalue weighted by Crippen LogP contribution is -2.18. The Balaban J connectivity index is 2.38.